The molecule has 23 heavy (non-hydrogen) atoms. The minimum atomic E-state index is -0.261. The summed E-state index contributed by atoms with van der Waals surface area (Å²) in [5.41, 5.74) is 13.1. The number of fused-ring (bicyclic) bond motifs is 3. The lowest BCUT2D eigenvalue weighted by Crippen LogP contribution is -2.40. The molecule has 0 bridgehead atoms. The molecule has 4 N–H and O–H groups in total. The number of thiophene rings is 1. The Morgan fingerprint density at radius 3 is 2.91 bits per heavy atom. The van der Waals surface area contributed by atoms with Crippen LogP contribution < -0.4 is 11.5 Å². The predicted molar refractivity (Wildman–Crippen MR) is 91.1 cm³/mol. The van der Waals surface area contributed by atoms with Crippen LogP contribution in [0.5, 0.6) is 0 Å². The third-order valence-corrected chi connectivity index (χ3v) is 6.11. The molecule has 0 saturated carbocycles. The first kappa shape index (κ1) is 14.8. The molecule has 1 aliphatic heterocycles. The maximum atomic E-state index is 11.5. The largest absolute Gasteiger partial charge is 0.383 e. The van der Waals surface area contributed by atoms with Gasteiger partial charge in [-0.3, -0.25) is 9.69 Å². The highest BCUT2D eigenvalue weighted by molar-refractivity contribution is 7.19. The van der Waals surface area contributed by atoms with Crippen LogP contribution in [0.25, 0.3) is 10.2 Å². The molecule has 4 rings (SSSR count). The number of amides is 1. The Balaban J connectivity index is 1.67. The van der Waals surface area contributed by atoms with Crippen LogP contribution >= 0.6 is 11.3 Å². The average molecular weight is 331 g/mol. The highest BCUT2D eigenvalue weighted by Crippen LogP contribution is 2.37. The van der Waals surface area contributed by atoms with Crippen LogP contribution in [-0.4, -0.2) is 33.4 Å². The van der Waals surface area contributed by atoms with Gasteiger partial charge in [-0.1, -0.05) is 0 Å². The van der Waals surface area contributed by atoms with Crippen molar-refractivity contribution in [2.24, 2.45) is 5.73 Å². The summed E-state index contributed by atoms with van der Waals surface area (Å²) in [6, 6.07) is -0.202. The number of rotatable bonds is 3. The fraction of sp³-hybridized carbons (Fsp3) is 0.562. The van der Waals surface area contributed by atoms with Crippen molar-refractivity contribution in [2.45, 2.75) is 51.1 Å². The fourth-order valence-electron chi connectivity index (χ4n) is 3.82. The number of aromatic nitrogens is 2. The molecule has 1 unspecified atom stereocenters. The van der Waals surface area contributed by atoms with E-state index >= 15 is 0 Å². The number of likely N-dealkylation sites (tertiary alicyclic amines) is 1. The van der Waals surface area contributed by atoms with E-state index < -0.39 is 0 Å². The molecular weight excluding hydrogens is 310 g/mol. The maximum absolute atomic E-state index is 11.5. The van der Waals surface area contributed by atoms with Crippen LogP contribution in [0, 0.1) is 0 Å². The summed E-state index contributed by atoms with van der Waals surface area (Å²) in [4.78, 5) is 25.3. The Morgan fingerprint density at radius 2 is 2.09 bits per heavy atom. The summed E-state index contributed by atoms with van der Waals surface area (Å²) >= 11 is 1.75. The summed E-state index contributed by atoms with van der Waals surface area (Å²) < 4.78 is 0. The lowest BCUT2D eigenvalue weighted by molar-refractivity contribution is -0.122. The van der Waals surface area contributed by atoms with E-state index in [1.54, 1.807) is 11.3 Å². The quantitative estimate of drug-likeness (QED) is 0.890. The normalized spacial score (nSPS) is 21.7. The van der Waals surface area contributed by atoms with E-state index in [9.17, 15) is 4.79 Å². The van der Waals surface area contributed by atoms with E-state index in [2.05, 4.69) is 9.88 Å². The fourth-order valence-corrected chi connectivity index (χ4v) is 5.11. The summed E-state index contributed by atoms with van der Waals surface area (Å²) in [7, 11) is 0. The molecule has 0 aromatic carbocycles. The zero-order chi connectivity index (χ0) is 16.0. The highest BCUT2D eigenvalue weighted by atomic mass is 32.1. The van der Waals surface area contributed by atoms with E-state index in [0.717, 1.165) is 42.4 Å². The average Bonchev–Trinajstić information content (AvgIpc) is 3.10. The Kier molecular flexibility index (Phi) is 3.69. The number of nitrogen functional groups attached to an aromatic ring is 1. The van der Waals surface area contributed by atoms with Gasteiger partial charge in [-0.25, -0.2) is 9.97 Å². The molecule has 1 aliphatic carbocycles. The van der Waals surface area contributed by atoms with E-state index in [4.69, 9.17) is 16.5 Å². The van der Waals surface area contributed by atoms with Crippen molar-refractivity contribution >= 4 is 33.3 Å². The smallest absolute Gasteiger partial charge is 0.234 e. The van der Waals surface area contributed by atoms with E-state index in [-0.39, 0.29) is 11.9 Å². The zero-order valence-electron chi connectivity index (χ0n) is 13.0. The van der Waals surface area contributed by atoms with Crippen molar-refractivity contribution in [3.8, 4) is 0 Å². The van der Waals surface area contributed by atoms with Crippen LogP contribution in [0.2, 0.25) is 0 Å². The number of primary amides is 1. The first-order valence-electron chi connectivity index (χ1n) is 8.23. The van der Waals surface area contributed by atoms with Crippen LogP contribution in [0.15, 0.2) is 0 Å². The number of hydrogen-bond acceptors (Lipinski definition) is 6. The number of nitrogens with zero attached hydrogens (tertiary/aromatic N) is 3. The number of hydrogen-bond donors (Lipinski definition) is 2. The minimum absolute atomic E-state index is 0.202. The summed E-state index contributed by atoms with van der Waals surface area (Å²) in [5.74, 6) is 1.02. The van der Waals surface area contributed by atoms with Crippen molar-refractivity contribution in [1.29, 1.82) is 0 Å². The molecule has 2 aromatic heterocycles. The lowest BCUT2D eigenvalue weighted by Gasteiger charge is -2.20. The molecule has 7 heteroatoms. The standard InChI is InChI=1S/C16H21N5OS/c17-14-13-9-4-1-2-6-11(9)23-16(13)20-12(19-14)8-21-7-3-5-10(21)15(18)22/h10H,1-8H2,(H2,18,22)(H2,17,19,20). The Bertz CT molecular complexity index is 771. The van der Waals surface area contributed by atoms with Gasteiger partial charge < -0.3 is 11.5 Å². The van der Waals surface area contributed by atoms with Crippen LogP contribution in [-0.2, 0) is 24.2 Å². The maximum Gasteiger partial charge on any atom is 0.234 e. The van der Waals surface area contributed by atoms with Crippen LogP contribution in [0.3, 0.4) is 0 Å². The van der Waals surface area contributed by atoms with Crippen LogP contribution in [0.1, 0.15) is 41.9 Å². The molecule has 122 valence electrons. The van der Waals surface area contributed by atoms with Crippen LogP contribution in [0.4, 0.5) is 5.82 Å². The molecule has 1 fully saturated rings. The van der Waals surface area contributed by atoms with Crippen molar-refractivity contribution < 1.29 is 4.79 Å². The number of aryl methyl sites for hydroxylation is 2. The third-order valence-electron chi connectivity index (χ3n) is 4.93. The second kappa shape index (κ2) is 5.72. The van der Waals surface area contributed by atoms with Crippen molar-refractivity contribution in [2.75, 3.05) is 12.3 Å². The van der Waals surface area contributed by atoms with Gasteiger partial charge in [0, 0.05) is 4.88 Å². The first-order valence-corrected chi connectivity index (χ1v) is 9.05. The predicted octanol–water partition coefficient (Wildman–Crippen LogP) is 1.60. The number of anilines is 1. The van der Waals surface area contributed by atoms with Crippen molar-refractivity contribution in [1.82, 2.24) is 14.9 Å². The van der Waals surface area contributed by atoms with E-state index in [1.165, 1.54) is 23.3 Å². The Morgan fingerprint density at radius 1 is 1.26 bits per heavy atom. The molecule has 2 aliphatic rings. The van der Waals surface area contributed by atoms with Gasteiger partial charge in [0.2, 0.25) is 5.91 Å². The number of nitrogens with two attached hydrogens (primary N) is 2. The molecule has 1 atom stereocenters. The Labute approximate surface area is 138 Å². The summed E-state index contributed by atoms with van der Waals surface area (Å²) in [6.07, 6.45) is 6.47. The second-order valence-corrected chi connectivity index (χ2v) is 7.53. The molecule has 2 aromatic rings. The van der Waals surface area contributed by atoms with Crippen molar-refractivity contribution in [3.05, 3.63) is 16.3 Å². The van der Waals surface area contributed by atoms with Gasteiger partial charge >= 0.3 is 0 Å². The monoisotopic (exact) mass is 331 g/mol. The topological polar surface area (TPSA) is 98.1 Å². The van der Waals surface area contributed by atoms with Gasteiger partial charge in [-0.2, -0.15) is 0 Å². The zero-order valence-corrected chi connectivity index (χ0v) is 13.9. The van der Waals surface area contributed by atoms with E-state index in [0.29, 0.717) is 18.2 Å². The molecule has 1 amide bonds. The molecule has 0 radical (unpaired) electrons. The van der Waals surface area contributed by atoms with Gasteiger partial charge in [0.25, 0.3) is 0 Å². The first-order chi connectivity index (χ1) is 11.1. The molecular formula is C16H21N5OS. The lowest BCUT2D eigenvalue weighted by atomic mass is 9.97. The molecule has 0 spiro atoms. The molecule has 1 saturated heterocycles. The van der Waals surface area contributed by atoms with Gasteiger partial charge in [-0.15, -0.1) is 11.3 Å². The van der Waals surface area contributed by atoms with Gasteiger partial charge in [0.15, 0.2) is 0 Å². The SMILES string of the molecule is NC(=O)C1CCCN1Cc1nc(N)c2c3c(sc2n1)CCCC3. The summed E-state index contributed by atoms with van der Waals surface area (Å²) in [6.45, 7) is 1.40. The number of carbonyl (C=O) groups is 1. The Hall–Kier alpha value is -1.73. The minimum Gasteiger partial charge on any atom is -0.383 e. The van der Waals surface area contributed by atoms with Crippen molar-refractivity contribution in [3.63, 3.8) is 0 Å². The highest BCUT2D eigenvalue weighted by Gasteiger charge is 2.30. The van der Waals surface area contributed by atoms with Gasteiger partial charge in [0.1, 0.15) is 16.5 Å². The molecule has 3 heterocycles. The third kappa shape index (κ3) is 2.57. The number of carbonyl (C=O) groups excluding carboxylic acids is 1. The molecule has 6 nitrogen and oxygen atoms in total. The second-order valence-electron chi connectivity index (χ2n) is 6.45. The van der Waals surface area contributed by atoms with Gasteiger partial charge in [-0.05, 0) is 50.6 Å². The summed E-state index contributed by atoms with van der Waals surface area (Å²) in [5, 5.41) is 1.06. The van der Waals surface area contributed by atoms with Gasteiger partial charge in [0.05, 0.1) is 18.0 Å². The van der Waals surface area contributed by atoms with E-state index in [1.807, 2.05) is 0 Å².